The van der Waals surface area contributed by atoms with Gasteiger partial charge in [-0.15, -0.1) is 0 Å². The third-order valence-electron chi connectivity index (χ3n) is 4.12. The number of carbonyl (C=O) groups excluding carboxylic acids is 2. The molecule has 0 bridgehead atoms. The molecule has 1 heterocycles. The first kappa shape index (κ1) is 17.5. The molecule has 26 heavy (non-hydrogen) atoms. The Morgan fingerprint density at radius 2 is 1.77 bits per heavy atom. The third kappa shape index (κ3) is 3.24. The highest BCUT2D eigenvalue weighted by Crippen LogP contribution is 2.31. The van der Waals surface area contributed by atoms with Crippen LogP contribution in [0.25, 0.3) is 16.9 Å². The Hall–Kier alpha value is -3.34. The Morgan fingerprint density at radius 1 is 1.04 bits per heavy atom. The molecule has 0 aliphatic heterocycles. The zero-order valence-electron chi connectivity index (χ0n) is 14.7. The lowest BCUT2D eigenvalue weighted by molar-refractivity contribution is 0.0527. The highest BCUT2D eigenvalue weighted by Gasteiger charge is 2.22. The summed E-state index contributed by atoms with van der Waals surface area (Å²) in [5, 5.41) is 0. The molecule has 2 N–H and O–H groups in total. The highest BCUT2D eigenvalue weighted by atomic mass is 16.5. The molecule has 3 aromatic rings. The fraction of sp³-hybridized carbons (Fsp3) is 0.143. The van der Waals surface area contributed by atoms with Gasteiger partial charge in [-0.05, 0) is 43.7 Å². The fourth-order valence-electron chi connectivity index (χ4n) is 3.01. The van der Waals surface area contributed by atoms with Gasteiger partial charge in [0.15, 0.2) is 0 Å². The van der Waals surface area contributed by atoms with Crippen LogP contribution < -0.4 is 5.73 Å². The van der Waals surface area contributed by atoms with Crippen LogP contribution in [0.3, 0.4) is 0 Å². The van der Waals surface area contributed by atoms with Crippen molar-refractivity contribution in [2.75, 3.05) is 6.61 Å². The predicted molar refractivity (Wildman–Crippen MR) is 100 cm³/mol. The average molecular weight is 348 g/mol. The lowest BCUT2D eigenvalue weighted by atomic mass is 10.1. The fourth-order valence-corrected chi connectivity index (χ4v) is 3.01. The number of hydrogen-bond donors (Lipinski definition) is 1. The molecule has 0 saturated carbocycles. The Kier molecular flexibility index (Phi) is 4.89. The summed E-state index contributed by atoms with van der Waals surface area (Å²) in [6, 6.07) is 18.5. The molecular formula is C21H20N2O3. The van der Waals surface area contributed by atoms with E-state index < -0.39 is 5.91 Å². The molecule has 0 unspecified atom stereocenters. The number of carbonyl (C=O) groups is 2. The largest absolute Gasteiger partial charge is 0.462 e. The number of primary amides is 1. The normalized spacial score (nSPS) is 10.5. The van der Waals surface area contributed by atoms with E-state index in [9.17, 15) is 9.59 Å². The molecule has 3 rings (SSSR count). The van der Waals surface area contributed by atoms with E-state index in [1.54, 1.807) is 31.2 Å². The van der Waals surface area contributed by atoms with Crippen molar-refractivity contribution in [3.05, 3.63) is 77.5 Å². The number of aryl methyl sites for hydroxylation is 1. The SMILES string of the molecule is CCOC(=O)c1cc(C)n(-c2cccc(C(N)=O)c2)c1-c1ccccc1. The lowest BCUT2D eigenvalue weighted by Gasteiger charge is -2.14. The Morgan fingerprint density at radius 3 is 2.42 bits per heavy atom. The number of nitrogens with two attached hydrogens (primary N) is 1. The smallest absolute Gasteiger partial charge is 0.340 e. The summed E-state index contributed by atoms with van der Waals surface area (Å²) in [5.41, 5.74) is 9.53. The summed E-state index contributed by atoms with van der Waals surface area (Å²) in [4.78, 5) is 24.1. The van der Waals surface area contributed by atoms with Crippen molar-refractivity contribution in [1.29, 1.82) is 0 Å². The molecule has 5 nitrogen and oxygen atoms in total. The summed E-state index contributed by atoms with van der Waals surface area (Å²) < 4.78 is 7.17. The molecule has 0 aliphatic carbocycles. The molecule has 132 valence electrons. The van der Waals surface area contributed by atoms with Crippen LogP contribution in [-0.4, -0.2) is 23.1 Å². The minimum Gasteiger partial charge on any atom is -0.462 e. The number of rotatable bonds is 5. The third-order valence-corrected chi connectivity index (χ3v) is 4.12. The molecule has 0 fully saturated rings. The molecule has 0 aliphatic rings. The molecule has 0 radical (unpaired) electrons. The van der Waals surface area contributed by atoms with Gasteiger partial charge in [-0.25, -0.2) is 4.79 Å². The van der Waals surface area contributed by atoms with Crippen molar-refractivity contribution in [2.24, 2.45) is 5.73 Å². The van der Waals surface area contributed by atoms with Gasteiger partial charge in [0.05, 0.1) is 17.9 Å². The number of ether oxygens (including phenoxy) is 1. The van der Waals surface area contributed by atoms with Crippen LogP contribution in [0, 0.1) is 6.92 Å². The van der Waals surface area contributed by atoms with E-state index >= 15 is 0 Å². The van der Waals surface area contributed by atoms with Gasteiger partial charge in [0.2, 0.25) is 5.91 Å². The summed E-state index contributed by atoms with van der Waals surface area (Å²) in [7, 11) is 0. The second-order valence-electron chi connectivity index (χ2n) is 5.88. The van der Waals surface area contributed by atoms with E-state index in [0.29, 0.717) is 17.7 Å². The van der Waals surface area contributed by atoms with Gasteiger partial charge in [0, 0.05) is 16.9 Å². The second kappa shape index (κ2) is 7.27. The van der Waals surface area contributed by atoms with Crippen LogP contribution in [0.1, 0.15) is 33.3 Å². The maximum Gasteiger partial charge on any atom is 0.340 e. The number of hydrogen-bond acceptors (Lipinski definition) is 3. The molecular weight excluding hydrogens is 328 g/mol. The van der Waals surface area contributed by atoms with Gasteiger partial charge in [0.25, 0.3) is 0 Å². The van der Waals surface area contributed by atoms with Crippen molar-refractivity contribution in [3.8, 4) is 16.9 Å². The van der Waals surface area contributed by atoms with Crippen LogP contribution >= 0.6 is 0 Å². The van der Waals surface area contributed by atoms with Gasteiger partial charge in [-0.2, -0.15) is 0 Å². The quantitative estimate of drug-likeness (QED) is 0.714. The Bertz CT molecular complexity index is 959. The number of esters is 1. The molecule has 0 atom stereocenters. The first-order valence-corrected chi connectivity index (χ1v) is 8.38. The van der Waals surface area contributed by atoms with Crippen molar-refractivity contribution in [3.63, 3.8) is 0 Å². The second-order valence-corrected chi connectivity index (χ2v) is 5.88. The van der Waals surface area contributed by atoms with Gasteiger partial charge >= 0.3 is 5.97 Å². The van der Waals surface area contributed by atoms with Gasteiger partial charge in [-0.3, -0.25) is 4.79 Å². The average Bonchev–Trinajstić information content (AvgIpc) is 3.00. The van der Waals surface area contributed by atoms with Gasteiger partial charge in [0.1, 0.15) is 0 Å². The zero-order chi connectivity index (χ0) is 18.7. The van der Waals surface area contributed by atoms with E-state index in [1.165, 1.54) is 0 Å². The Balaban J connectivity index is 2.27. The Labute approximate surface area is 152 Å². The van der Waals surface area contributed by atoms with E-state index in [1.807, 2.05) is 47.9 Å². The lowest BCUT2D eigenvalue weighted by Crippen LogP contribution is -2.12. The molecule has 1 aromatic heterocycles. The van der Waals surface area contributed by atoms with Crippen LogP contribution in [-0.2, 0) is 4.74 Å². The minimum atomic E-state index is -0.497. The zero-order valence-corrected chi connectivity index (χ0v) is 14.7. The van der Waals surface area contributed by atoms with Crippen LogP contribution in [0.15, 0.2) is 60.7 Å². The van der Waals surface area contributed by atoms with Crippen LogP contribution in [0.2, 0.25) is 0 Å². The predicted octanol–water partition coefficient (Wildman–Crippen LogP) is 3.73. The van der Waals surface area contributed by atoms with E-state index in [2.05, 4.69) is 0 Å². The standard InChI is InChI=1S/C21H20N2O3/c1-3-26-21(25)18-12-14(2)23(19(18)15-8-5-4-6-9-15)17-11-7-10-16(13-17)20(22)24/h4-13H,3H2,1-2H3,(H2,22,24). The molecule has 0 spiro atoms. The summed E-state index contributed by atoms with van der Waals surface area (Å²) in [6.45, 7) is 3.99. The maximum atomic E-state index is 12.5. The molecule has 5 heteroatoms. The summed E-state index contributed by atoms with van der Waals surface area (Å²) in [6.07, 6.45) is 0. The van der Waals surface area contributed by atoms with E-state index in [4.69, 9.17) is 10.5 Å². The number of nitrogens with zero attached hydrogens (tertiary/aromatic N) is 1. The number of amides is 1. The van der Waals surface area contributed by atoms with Gasteiger partial charge < -0.3 is 15.0 Å². The van der Waals surface area contributed by atoms with Crippen molar-refractivity contribution in [2.45, 2.75) is 13.8 Å². The highest BCUT2D eigenvalue weighted by molar-refractivity contribution is 5.98. The van der Waals surface area contributed by atoms with Crippen LogP contribution in [0.5, 0.6) is 0 Å². The molecule has 2 aromatic carbocycles. The molecule has 1 amide bonds. The van der Waals surface area contributed by atoms with Gasteiger partial charge in [-0.1, -0.05) is 36.4 Å². The minimum absolute atomic E-state index is 0.300. The van der Waals surface area contributed by atoms with Crippen LogP contribution in [0.4, 0.5) is 0 Å². The van der Waals surface area contributed by atoms with Crippen molar-refractivity contribution >= 4 is 11.9 Å². The molecule has 0 saturated heterocycles. The number of aromatic nitrogens is 1. The summed E-state index contributed by atoms with van der Waals surface area (Å²) in [5.74, 6) is -0.872. The first-order chi connectivity index (χ1) is 12.5. The topological polar surface area (TPSA) is 74.3 Å². The van der Waals surface area contributed by atoms with Crippen molar-refractivity contribution < 1.29 is 14.3 Å². The van der Waals surface area contributed by atoms with Crippen molar-refractivity contribution in [1.82, 2.24) is 4.57 Å². The summed E-state index contributed by atoms with van der Waals surface area (Å²) >= 11 is 0. The van der Waals surface area contributed by atoms with E-state index in [-0.39, 0.29) is 5.97 Å². The maximum absolute atomic E-state index is 12.5. The van der Waals surface area contributed by atoms with E-state index in [0.717, 1.165) is 22.6 Å². The number of benzene rings is 2. The monoisotopic (exact) mass is 348 g/mol. The first-order valence-electron chi connectivity index (χ1n) is 8.38.